The first-order valence-corrected chi connectivity index (χ1v) is 8.75. The molecule has 7 heteroatoms. The number of aromatic nitrogens is 2. The summed E-state index contributed by atoms with van der Waals surface area (Å²) in [5.74, 6) is -0.393. The van der Waals surface area contributed by atoms with Crippen molar-refractivity contribution in [3.05, 3.63) is 75.4 Å². The summed E-state index contributed by atoms with van der Waals surface area (Å²) >= 11 is 11.9. The number of nitrogens with one attached hydrogen (secondary N) is 2. The van der Waals surface area contributed by atoms with Crippen LogP contribution in [0.5, 0.6) is 0 Å². The predicted molar refractivity (Wildman–Crippen MR) is 105 cm³/mol. The molecular weight excluding hydrogens is 371 g/mol. The predicted octanol–water partition coefficient (Wildman–Crippen LogP) is 4.71. The molecule has 0 unspecified atom stereocenters. The number of aryl methyl sites for hydroxylation is 1. The van der Waals surface area contributed by atoms with Gasteiger partial charge in [-0.3, -0.25) is 9.89 Å². The Bertz CT molecular complexity index is 948. The standard InChI is InChI=1S/C19H16Cl2N4O/c1-2-12-3-5-13(6-4-12)17-10-18(24-23-17)19(26)25-22-11-14-7-8-15(20)9-16(14)21/h3-11H,2H2,1H3,(H,23,24)(H,25,26). The first-order chi connectivity index (χ1) is 12.6. The van der Waals surface area contributed by atoms with Crippen LogP contribution in [0.3, 0.4) is 0 Å². The van der Waals surface area contributed by atoms with Crippen LogP contribution in [0.4, 0.5) is 0 Å². The molecule has 0 bridgehead atoms. The SMILES string of the molecule is CCc1ccc(-c2cc(C(=O)NN=Cc3ccc(Cl)cc3Cl)[nH]n2)cc1. The van der Waals surface area contributed by atoms with Crippen LogP contribution in [0.1, 0.15) is 28.5 Å². The first-order valence-electron chi connectivity index (χ1n) is 8.00. The third-order valence-corrected chi connectivity index (χ3v) is 4.38. The zero-order valence-electron chi connectivity index (χ0n) is 14.0. The lowest BCUT2D eigenvalue weighted by Crippen LogP contribution is -2.18. The molecule has 3 aromatic rings. The van der Waals surface area contributed by atoms with E-state index in [0.29, 0.717) is 27.0 Å². The van der Waals surface area contributed by atoms with Crippen LogP contribution in [0.15, 0.2) is 53.6 Å². The Kier molecular flexibility index (Phi) is 5.71. The van der Waals surface area contributed by atoms with E-state index < -0.39 is 5.91 Å². The van der Waals surface area contributed by atoms with Gasteiger partial charge in [-0.05, 0) is 30.2 Å². The molecule has 0 saturated heterocycles. The maximum absolute atomic E-state index is 12.2. The van der Waals surface area contributed by atoms with Gasteiger partial charge in [0.1, 0.15) is 5.69 Å². The van der Waals surface area contributed by atoms with Crippen LogP contribution in [0.25, 0.3) is 11.3 Å². The summed E-state index contributed by atoms with van der Waals surface area (Å²) in [4.78, 5) is 12.2. The Balaban J connectivity index is 1.66. The van der Waals surface area contributed by atoms with Gasteiger partial charge in [0.2, 0.25) is 0 Å². The van der Waals surface area contributed by atoms with E-state index in [9.17, 15) is 4.79 Å². The average Bonchev–Trinajstić information content (AvgIpc) is 3.14. The van der Waals surface area contributed by atoms with E-state index in [1.807, 2.05) is 24.3 Å². The highest BCUT2D eigenvalue weighted by atomic mass is 35.5. The zero-order chi connectivity index (χ0) is 18.5. The van der Waals surface area contributed by atoms with Crippen molar-refractivity contribution in [1.29, 1.82) is 0 Å². The van der Waals surface area contributed by atoms with Gasteiger partial charge in [0.25, 0.3) is 5.91 Å². The lowest BCUT2D eigenvalue weighted by molar-refractivity contribution is 0.0950. The molecule has 0 saturated carbocycles. The highest BCUT2D eigenvalue weighted by Crippen LogP contribution is 2.20. The minimum Gasteiger partial charge on any atom is -0.272 e. The lowest BCUT2D eigenvalue weighted by atomic mass is 10.1. The van der Waals surface area contributed by atoms with Gasteiger partial charge in [-0.2, -0.15) is 10.2 Å². The van der Waals surface area contributed by atoms with Crippen LogP contribution < -0.4 is 5.43 Å². The average molecular weight is 387 g/mol. The quantitative estimate of drug-likeness (QED) is 0.492. The van der Waals surface area contributed by atoms with Gasteiger partial charge >= 0.3 is 0 Å². The summed E-state index contributed by atoms with van der Waals surface area (Å²) in [5.41, 5.74) is 6.29. The van der Waals surface area contributed by atoms with Crippen molar-refractivity contribution < 1.29 is 4.79 Å². The van der Waals surface area contributed by atoms with Crippen molar-refractivity contribution in [2.24, 2.45) is 5.10 Å². The van der Waals surface area contributed by atoms with Gasteiger partial charge in [-0.1, -0.05) is 60.5 Å². The van der Waals surface area contributed by atoms with E-state index in [2.05, 4.69) is 27.6 Å². The molecule has 0 aliphatic rings. The minimum atomic E-state index is -0.393. The summed E-state index contributed by atoms with van der Waals surface area (Å²) in [6.07, 6.45) is 2.43. The second kappa shape index (κ2) is 8.17. The maximum Gasteiger partial charge on any atom is 0.289 e. The topological polar surface area (TPSA) is 70.1 Å². The number of halogens is 2. The fraction of sp³-hybridized carbons (Fsp3) is 0.105. The van der Waals surface area contributed by atoms with Crippen LogP contribution in [-0.2, 0) is 6.42 Å². The Labute approximate surface area is 161 Å². The van der Waals surface area contributed by atoms with Gasteiger partial charge in [-0.15, -0.1) is 0 Å². The van der Waals surface area contributed by atoms with Crippen molar-refractivity contribution in [3.8, 4) is 11.3 Å². The lowest BCUT2D eigenvalue weighted by Gasteiger charge is -1.99. The number of aromatic amines is 1. The summed E-state index contributed by atoms with van der Waals surface area (Å²) in [6, 6.07) is 14.8. The first kappa shape index (κ1) is 18.2. The molecule has 1 amide bonds. The second-order valence-electron chi connectivity index (χ2n) is 5.58. The van der Waals surface area contributed by atoms with Crippen molar-refractivity contribution in [2.75, 3.05) is 0 Å². The number of benzene rings is 2. The van der Waals surface area contributed by atoms with Gasteiger partial charge < -0.3 is 0 Å². The van der Waals surface area contributed by atoms with Crippen LogP contribution in [-0.4, -0.2) is 22.3 Å². The number of rotatable bonds is 5. The van der Waals surface area contributed by atoms with E-state index in [-0.39, 0.29) is 0 Å². The molecule has 0 aliphatic carbocycles. The van der Waals surface area contributed by atoms with E-state index in [1.54, 1.807) is 24.3 Å². The number of nitrogens with zero attached hydrogens (tertiary/aromatic N) is 2. The van der Waals surface area contributed by atoms with E-state index in [0.717, 1.165) is 12.0 Å². The van der Waals surface area contributed by atoms with Crippen molar-refractivity contribution in [3.63, 3.8) is 0 Å². The van der Waals surface area contributed by atoms with Crippen LogP contribution >= 0.6 is 23.2 Å². The van der Waals surface area contributed by atoms with Crippen LogP contribution in [0.2, 0.25) is 10.0 Å². The van der Waals surface area contributed by atoms with Gasteiger partial charge in [0, 0.05) is 16.1 Å². The fourth-order valence-corrected chi connectivity index (χ4v) is 2.78. The molecule has 0 radical (unpaired) electrons. The molecule has 1 aromatic heterocycles. The Morgan fingerprint density at radius 1 is 1.19 bits per heavy atom. The number of carbonyl (C=O) groups is 1. The molecular formula is C19H16Cl2N4O. The van der Waals surface area contributed by atoms with Gasteiger partial charge in [0.15, 0.2) is 0 Å². The van der Waals surface area contributed by atoms with E-state index >= 15 is 0 Å². The molecule has 1 heterocycles. The molecule has 0 aliphatic heterocycles. The highest BCUT2D eigenvalue weighted by molar-refractivity contribution is 6.36. The van der Waals surface area contributed by atoms with Crippen molar-refractivity contribution >= 4 is 35.3 Å². The van der Waals surface area contributed by atoms with Gasteiger partial charge in [-0.25, -0.2) is 5.43 Å². The maximum atomic E-state index is 12.2. The minimum absolute atomic E-state index is 0.318. The molecule has 0 atom stereocenters. The summed E-state index contributed by atoms with van der Waals surface area (Å²) < 4.78 is 0. The molecule has 5 nitrogen and oxygen atoms in total. The number of hydrazone groups is 1. The Morgan fingerprint density at radius 3 is 2.65 bits per heavy atom. The fourth-order valence-electron chi connectivity index (χ4n) is 2.32. The summed E-state index contributed by atoms with van der Waals surface area (Å²) in [5, 5.41) is 11.8. The number of carbonyl (C=O) groups excluding carboxylic acids is 1. The van der Waals surface area contributed by atoms with E-state index in [1.165, 1.54) is 11.8 Å². The van der Waals surface area contributed by atoms with Crippen LogP contribution in [0, 0.1) is 0 Å². The van der Waals surface area contributed by atoms with Crippen molar-refractivity contribution in [2.45, 2.75) is 13.3 Å². The Morgan fingerprint density at radius 2 is 1.96 bits per heavy atom. The molecule has 0 fully saturated rings. The highest BCUT2D eigenvalue weighted by Gasteiger charge is 2.10. The number of hydrogen-bond donors (Lipinski definition) is 2. The third kappa shape index (κ3) is 4.31. The normalized spacial score (nSPS) is 11.0. The zero-order valence-corrected chi connectivity index (χ0v) is 15.5. The largest absolute Gasteiger partial charge is 0.289 e. The second-order valence-corrected chi connectivity index (χ2v) is 6.43. The number of amides is 1. The molecule has 2 aromatic carbocycles. The molecule has 2 N–H and O–H groups in total. The van der Waals surface area contributed by atoms with E-state index in [4.69, 9.17) is 23.2 Å². The van der Waals surface area contributed by atoms with Crippen molar-refractivity contribution in [1.82, 2.24) is 15.6 Å². The molecule has 132 valence electrons. The number of hydrogen-bond acceptors (Lipinski definition) is 3. The Hall–Kier alpha value is -2.63. The molecule has 0 spiro atoms. The third-order valence-electron chi connectivity index (χ3n) is 3.81. The molecule has 26 heavy (non-hydrogen) atoms. The van der Waals surface area contributed by atoms with Gasteiger partial charge in [0.05, 0.1) is 16.9 Å². The molecule has 3 rings (SSSR count). The smallest absolute Gasteiger partial charge is 0.272 e. The monoisotopic (exact) mass is 386 g/mol. The number of H-pyrrole nitrogens is 1. The summed E-state index contributed by atoms with van der Waals surface area (Å²) in [6.45, 7) is 2.10. The summed E-state index contributed by atoms with van der Waals surface area (Å²) in [7, 11) is 0.